The SMILES string of the molecule is O=[N+]([O-])c1ccncc1Nc1ccc2[nH]ccc2c1. The molecule has 3 rings (SSSR count). The first kappa shape index (κ1) is 11.2. The highest BCUT2D eigenvalue weighted by molar-refractivity contribution is 5.84. The van der Waals surface area contributed by atoms with Gasteiger partial charge in [0.25, 0.3) is 5.69 Å². The Balaban J connectivity index is 1.98. The fourth-order valence-corrected chi connectivity index (χ4v) is 1.93. The van der Waals surface area contributed by atoms with Gasteiger partial charge in [-0.3, -0.25) is 15.1 Å². The molecule has 2 heterocycles. The van der Waals surface area contributed by atoms with Crippen molar-refractivity contribution in [2.75, 3.05) is 5.32 Å². The number of hydrogen-bond acceptors (Lipinski definition) is 4. The summed E-state index contributed by atoms with van der Waals surface area (Å²) in [5.41, 5.74) is 2.18. The average Bonchev–Trinajstić information content (AvgIpc) is 2.86. The molecule has 0 atom stereocenters. The van der Waals surface area contributed by atoms with Crippen LogP contribution in [0.15, 0.2) is 48.9 Å². The van der Waals surface area contributed by atoms with Crippen molar-refractivity contribution in [2.45, 2.75) is 0 Å². The van der Waals surface area contributed by atoms with E-state index in [9.17, 15) is 10.1 Å². The molecule has 2 aromatic heterocycles. The van der Waals surface area contributed by atoms with E-state index in [0.29, 0.717) is 5.69 Å². The molecule has 0 radical (unpaired) electrons. The minimum absolute atomic E-state index is 0.00386. The Hall–Kier alpha value is -2.89. The zero-order chi connectivity index (χ0) is 13.2. The molecule has 0 fully saturated rings. The summed E-state index contributed by atoms with van der Waals surface area (Å²) >= 11 is 0. The van der Waals surface area contributed by atoms with Gasteiger partial charge in [0, 0.05) is 35.1 Å². The van der Waals surface area contributed by atoms with E-state index in [4.69, 9.17) is 0 Å². The summed E-state index contributed by atoms with van der Waals surface area (Å²) in [5, 5.41) is 15.0. The van der Waals surface area contributed by atoms with Crippen molar-refractivity contribution in [3.63, 3.8) is 0 Å². The van der Waals surface area contributed by atoms with Crippen molar-refractivity contribution in [1.29, 1.82) is 0 Å². The van der Waals surface area contributed by atoms with Gasteiger partial charge in [-0.1, -0.05) is 0 Å². The molecule has 6 heteroatoms. The van der Waals surface area contributed by atoms with Gasteiger partial charge in [-0.05, 0) is 24.3 Å². The topological polar surface area (TPSA) is 83.8 Å². The lowest BCUT2D eigenvalue weighted by atomic mass is 10.2. The van der Waals surface area contributed by atoms with Crippen LogP contribution in [0.3, 0.4) is 0 Å². The number of aromatic nitrogens is 2. The molecule has 0 spiro atoms. The second kappa shape index (κ2) is 4.41. The quantitative estimate of drug-likeness (QED) is 0.555. The highest BCUT2D eigenvalue weighted by atomic mass is 16.6. The number of hydrogen-bond donors (Lipinski definition) is 2. The monoisotopic (exact) mass is 254 g/mol. The van der Waals surface area contributed by atoms with E-state index in [1.807, 2.05) is 30.5 Å². The van der Waals surface area contributed by atoms with Gasteiger partial charge in [0.05, 0.1) is 11.1 Å². The van der Waals surface area contributed by atoms with Crippen LogP contribution in [0.4, 0.5) is 17.1 Å². The Bertz CT molecular complexity index is 751. The number of pyridine rings is 1. The van der Waals surface area contributed by atoms with Gasteiger partial charge in [0.2, 0.25) is 0 Å². The Morgan fingerprint density at radius 1 is 1.26 bits per heavy atom. The largest absolute Gasteiger partial charge is 0.361 e. The number of rotatable bonds is 3. The fraction of sp³-hybridized carbons (Fsp3) is 0. The molecule has 0 bridgehead atoms. The van der Waals surface area contributed by atoms with E-state index < -0.39 is 4.92 Å². The molecule has 6 nitrogen and oxygen atoms in total. The first-order chi connectivity index (χ1) is 9.24. The predicted molar refractivity (Wildman–Crippen MR) is 72.5 cm³/mol. The number of fused-ring (bicyclic) bond motifs is 1. The smallest absolute Gasteiger partial charge is 0.295 e. The molecule has 0 unspecified atom stereocenters. The molecule has 94 valence electrons. The molecule has 3 aromatic rings. The molecular weight excluding hydrogens is 244 g/mol. The lowest BCUT2D eigenvalue weighted by molar-refractivity contribution is -0.384. The van der Waals surface area contributed by atoms with E-state index >= 15 is 0 Å². The third-order valence-corrected chi connectivity index (χ3v) is 2.83. The highest BCUT2D eigenvalue weighted by Gasteiger charge is 2.13. The molecule has 0 amide bonds. The van der Waals surface area contributed by atoms with Gasteiger partial charge in [-0.2, -0.15) is 0 Å². The minimum atomic E-state index is -0.432. The van der Waals surface area contributed by atoms with Gasteiger partial charge in [-0.25, -0.2) is 0 Å². The van der Waals surface area contributed by atoms with Crippen LogP contribution in [0.2, 0.25) is 0 Å². The van der Waals surface area contributed by atoms with Crippen molar-refractivity contribution in [3.05, 3.63) is 59.0 Å². The van der Waals surface area contributed by atoms with E-state index in [2.05, 4.69) is 15.3 Å². The lowest BCUT2D eigenvalue weighted by Crippen LogP contribution is -1.97. The van der Waals surface area contributed by atoms with Gasteiger partial charge in [-0.15, -0.1) is 0 Å². The summed E-state index contributed by atoms with van der Waals surface area (Å²) in [5.74, 6) is 0. The van der Waals surface area contributed by atoms with Gasteiger partial charge < -0.3 is 10.3 Å². The third-order valence-electron chi connectivity index (χ3n) is 2.83. The molecule has 0 saturated carbocycles. The van der Waals surface area contributed by atoms with Gasteiger partial charge >= 0.3 is 0 Å². The number of nitro groups is 1. The third kappa shape index (κ3) is 2.11. The fourth-order valence-electron chi connectivity index (χ4n) is 1.93. The van der Waals surface area contributed by atoms with Crippen LogP contribution in [0.25, 0.3) is 10.9 Å². The number of nitrogens with zero attached hydrogens (tertiary/aromatic N) is 2. The predicted octanol–water partition coefficient (Wildman–Crippen LogP) is 3.21. The van der Waals surface area contributed by atoms with Gasteiger partial charge in [0.1, 0.15) is 5.69 Å². The summed E-state index contributed by atoms with van der Waals surface area (Å²) in [7, 11) is 0. The first-order valence-corrected chi connectivity index (χ1v) is 5.66. The number of anilines is 2. The lowest BCUT2D eigenvalue weighted by Gasteiger charge is -2.06. The molecule has 1 aromatic carbocycles. The van der Waals surface area contributed by atoms with Crippen LogP contribution >= 0.6 is 0 Å². The normalized spacial score (nSPS) is 10.5. The zero-order valence-electron chi connectivity index (χ0n) is 9.83. The van der Waals surface area contributed by atoms with Crippen LogP contribution in [0.5, 0.6) is 0 Å². The summed E-state index contributed by atoms with van der Waals surface area (Å²) in [4.78, 5) is 17.5. The van der Waals surface area contributed by atoms with E-state index in [1.54, 1.807) is 0 Å². The van der Waals surface area contributed by atoms with Crippen molar-refractivity contribution in [3.8, 4) is 0 Å². The number of nitrogens with one attached hydrogen (secondary N) is 2. The minimum Gasteiger partial charge on any atom is -0.361 e. The van der Waals surface area contributed by atoms with Crippen molar-refractivity contribution >= 4 is 28.0 Å². The number of H-pyrrole nitrogens is 1. The summed E-state index contributed by atoms with van der Waals surface area (Å²) in [6.07, 6.45) is 4.69. The molecule has 0 aliphatic heterocycles. The standard InChI is InChI=1S/C13H10N4O2/c18-17(19)13-4-5-14-8-12(13)16-10-1-2-11-9(7-10)3-6-15-11/h1-8,15-16H. The summed E-state index contributed by atoms with van der Waals surface area (Å²) < 4.78 is 0. The van der Waals surface area contributed by atoms with Crippen LogP contribution in [0.1, 0.15) is 0 Å². The Morgan fingerprint density at radius 2 is 2.16 bits per heavy atom. The highest BCUT2D eigenvalue weighted by Crippen LogP contribution is 2.27. The zero-order valence-corrected chi connectivity index (χ0v) is 9.83. The average molecular weight is 254 g/mol. The Kier molecular flexibility index (Phi) is 2.60. The molecule has 19 heavy (non-hydrogen) atoms. The summed E-state index contributed by atoms with van der Waals surface area (Å²) in [6, 6.07) is 9.01. The second-order valence-electron chi connectivity index (χ2n) is 4.05. The maximum absolute atomic E-state index is 10.9. The van der Waals surface area contributed by atoms with Crippen molar-refractivity contribution in [2.24, 2.45) is 0 Å². The number of aromatic amines is 1. The molecule has 2 N–H and O–H groups in total. The van der Waals surface area contributed by atoms with E-state index in [1.165, 1.54) is 18.5 Å². The van der Waals surface area contributed by atoms with Gasteiger partial charge in [0.15, 0.2) is 0 Å². The van der Waals surface area contributed by atoms with Crippen molar-refractivity contribution in [1.82, 2.24) is 9.97 Å². The molecule has 0 saturated heterocycles. The maximum Gasteiger partial charge on any atom is 0.295 e. The van der Waals surface area contributed by atoms with E-state index in [0.717, 1.165) is 16.6 Å². The van der Waals surface area contributed by atoms with Crippen LogP contribution in [0, 0.1) is 10.1 Å². The van der Waals surface area contributed by atoms with Crippen LogP contribution in [-0.2, 0) is 0 Å². The van der Waals surface area contributed by atoms with Crippen LogP contribution < -0.4 is 5.32 Å². The number of benzene rings is 1. The molecular formula is C13H10N4O2. The second-order valence-corrected chi connectivity index (χ2v) is 4.05. The van der Waals surface area contributed by atoms with E-state index in [-0.39, 0.29) is 5.69 Å². The molecule has 0 aliphatic rings. The Labute approximate surface area is 108 Å². The molecule has 0 aliphatic carbocycles. The summed E-state index contributed by atoms with van der Waals surface area (Å²) in [6.45, 7) is 0. The Morgan fingerprint density at radius 3 is 3.00 bits per heavy atom. The van der Waals surface area contributed by atoms with Crippen molar-refractivity contribution < 1.29 is 4.92 Å². The maximum atomic E-state index is 10.9. The van der Waals surface area contributed by atoms with Crippen LogP contribution in [-0.4, -0.2) is 14.9 Å². The first-order valence-electron chi connectivity index (χ1n) is 5.66.